The fraction of sp³-hybridized carbons (Fsp3) is 0.538. The first-order valence-electron chi connectivity index (χ1n) is 6.12. The highest BCUT2D eigenvalue weighted by Crippen LogP contribution is 2.18. The van der Waals surface area contributed by atoms with Crippen LogP contribution in [0, 0.1) is 5.82 Å². The normalized spacial score (nSPS) is 11.7. The predicted molar refractivity (Wildman–Crippen MR) is 66.1 cm³/mol. The maximum Gasteiger partial charge on any atom is 0.411 e. The van der Waals surface area contributed by atoms with E-state index in [1.54, 1.807) is 13.1 Å². The van der Waals surface area contributed by atoms with Gasteiger partial charge in [-0.3, -0.25) is 0 Å². The molecule has 0 aromatic heterocycles. The Labute approximate surface area is 114 Å². The molecule has 7 heteroatoms. The summed E-state index contributed by atoms with van der Waals surface area (Å²) in [6.45, 7) is -0.721. The van der Waals surface area contributed by atoms with Crippen molar-refractivity contribution >= 4 is 0 Å². The minimum Gasteiger partial charge on any atom is -0.490 e. The third-order valence-corrected chi connectivity index (χ3v) is 2.33. The predicted octanol–water partition coefficient (Wildman–Crippen LogP) is 2.89. The Morgan fingerprint density at radius 3 is 2.55 bits per heavy atom. The van der Waals surface area contributed by atoms with Crippen LogP contribution in [0.2, 0.25) is 0 Å². The lowest BCUT2D eigenvalue weighted by atomic mass is 10.2. The van der Waals surface area contributed by atoms with Crippen LogP contribution in [0.15, 0.2) is 18.2 Å². The molecule has 0 atom stereocenters. The third kappa shape index (κ3) is 6.72. The number of nitrogens with one attached hydrogen (secondary N) is 1. The summed E-state index contributed by atoms with van der Waals surface area (Å²) in [5.41, 5.74) is 0.783. The van der Waals surface area contributed by atoms with E-state index >= 15 is 0 Å². The molecule has 0 heterocycles. The van der Waals surface area contributed by atoms with Gasteiger partial charge in [0.2, 0.25) is 0 Å². The van der Waals surface area contributed by atoms with E-state index in [2.05, 4.69) is 10.1 Å². The molecule has 114 valence electrons. The minimum atomic E-state index is -4.32. The second-order valence-electron chi connectivity index (χ2n) is 4.16. The lowest BCUT2D eigenvalue weighted by Gasteiger charge is -2.10. The van der Waals surface area contributed by atoms with Crippen LogP contribution >= 0.6 is 0 Å². The molecule has 0 unspecified atom stereocenters. The van der Waals surface area contributed by atoms with Crippen LogP contribution in [0.1, 0.15) is 12.0 Å². The number of halogens is 4. The van der Waals surface area contributed by atoms with Gasteiger partial charge in [-0.1, -0.05) is 6.07 Å². The van der Waals surface area contributed by atoms with Crippen LogP contribution in [-0.2, 0) is 11.3 Å². The van der Waals surface area contributed by atoms with Gasteiger partial charge in [0.25, 0.3) is 0 Å². The second-order valence-corrected chi connectivity index (χ2v) is 4.16. The summed E-state index contributed by atoms with van der Waals surface area (Å²) in [5.74, 6) is -0.408. The van der Waals surface area contributed by atoms with E-state index in [0.29, 0.717) is 6.54 Å². The molecule has 0 bridgehead atoms. The molecule has 1 aromatic rings. The SMILES string of the molecule is CNCc1ccc(OCCCOCC(F)(F)F)c(F)c1. The van der Waals surface area contributed by atoms with Gasteiger partial charge < -0.3 is 14.8 Å². The highest BCUT2D eigenvalue weighted by atomic mass is 19.4. The smallest absolute Gasteiger partial charge is 0.411 e. The van der Waals surface area contributed by atoms with Crippen LogP contribution in [0.5, 0.6) is 5.75 Å². The van der Waals surface area contributed by atoms with E-state index in [0.717, 1.165) is 5.56 Å². The molecular weight excluding hydrogens is 278 g/mol. The zero-order valence-electron chi connectivity index (χ0n) is 11.1. The Morgan fingerprint density at radius 1 is 1.20 bits per heavy atom. The molecule has 0 amide bonds. The van der Waals surface area contributed by atoms with Crippen LogP contribution in [0.4, 0.5) is 17.6 Å². The fourth-order valence-electron chi connectivity index (χ4n) is 1.51. The van der Waals surface area contributed by atoms with Crippen molar-refractivity contribution in [2.24, 2.45) is 0 Å². The number of benzene rings is 1. The lowest BCUT2D eigenvalue weighted by Crippen LogP contribution is -2.18. The Balaban J connectivity index is 2.25. The van der Waals surface area contributed by atoms with Crippen molar-refractivity contribution in [3.05, 3.63) is 29.6 Å². The van der Waals surface area contributed by atoms with Gasteiger partial charge in [-0.25, -0.2) is 4.39 Å². The van der Waals surface area contributed by atoms with Crippen LogP contribution < -0.4 is 10.1 Å². The number of alkyl halides is 3. The standard InChI is InChI=1S/C13H17F4NO2/c1-18-8-10-3-4-12(11(14)7-10)20-6-2-5-19-9-13(15,16)17/h3-4,7,18H,2,5-6,8-9H2,1H3. The Kier molecular flexibility index (Phi) is 6.74. The Hall–Kier alpha value is -1.34. The van der Waals surface area contributed by atoms with Crippen LogP contribution in [-0.4, -0.2) is 33.0 Å². The van der Waals surface area contributed by atoms with Crippen LogP contribution in [0.25, 0.3) is 0 Å². The summed E-state index contributed by atoms with van der Waals surface area (Å²) in [7, 11) is 1.75. The lowest BCUT2D eigenvalue weighted by molar-refractivity contribution is -0.174. The number of hydrogen-bond acceptors (Lipinski definition) is 3. The van der Waals surface area contributed by atoms with E-state index in [1.165, 1.54) is 12.1 Å². The van der Waals surface area contributed by atoms with E-state index in [-0.39, 0.29) is 25.4 Å². The third-order valence-electron chi connectivity index (χ3n) is 2.33. The molecule has 0 spiro atoms. The molecule has 0 radical (unpaired) electrons. The molecule has 0 saturated heterocycles. The van der Waals surface area contributed by atoms with Crippen molar-refractivity contribution in [1.29, 1.82) is 0 Å². The summed E-state index contributed by atoms with van der Waals surface area (Å²) in [4.78, 5) is 0. The van der Waals surface area contributed by atoms with Crippen molar-refractivity contribution in [2.75, 3.05) is 26.9 Å². The monoisotopic (exact) mass is 295 g/mol. The molecule has 0 aliphatic carbocycles. The molecule has 0 fully saturated rings. The summed E-state index contributed by atoms with van der Waals surface area (Å²) < 4.78 is 58.4. The van der Waals surface area contributed by atoms with Crippen molar-refractivity contribution < 1.29 is 27.0 Å². The summed E-state index contributed by atoms with van der Waals surface area (Å²) in [6.07, 6.45) is -4.07. The van der Waals surface area contributed by atoms with Gasteiger partial charge in [0.1, 0.15) is 6.61 Å². The van der Waals surface area contributed by atoms with E-state index in [9.17, 15) is 17.6 Å². The van der Waals surface area contributed by atoms with Crippen molar-refractivity contribution in [3.63, 3.8) is 0 Å². The first-order valence-corrected chi connectivity index (χ1v) is 6.12. The van der Waals surface area contributed by atoms with Crippen molar-refractivity contribution in [3.8, 4) is 5.75 Å². The van der Waals surface area contributed by atoms with Gasteiger partial charge in [-0.2, -0.15) is 13.2 Å². The molecule has 1 aromatic carbocycles. The average molecular weight is 295 g/mol. The fourth-order valence-corrected chi connectivity index (χ4v) is 1.51. The molecule has 1 rings (SSSR count). The number of hydrogen-bond donors (Lipinski definition) is 1. The second kappa shape index (κ2) is 8.06. The summed E-state index contributed by atoms with van der Waals surface area (Å²) in [6, 6.07) is 4.57. The van der Waals surface area contributed by atoms with Gasteiger partial charge >= 0.3 is 6.18 Å². The van der Waals surface area contributed by atoms with Gasteiger partial charge in [0, 0.05) is 13.0 Å². The maximum absolute atomic E-state index is 13.6. The molecule has 0 aliphatic rings. The minimum absolute atomic E-state index is 0.0840. The topological polar surface area (TPSA) is 30.5 Å². The van der Waals surface area contributed by atoms with Gasteiger partial charge in [0.05, 0.1) is 13.2 Å². The number of ether oxygens (including phenoxy) is 2. The Morgan fingerprint density at radius 2 is 1.95 bits per heavy atom. The molecule has 20 heavy (non-hydrogen) atoms. The molecule has 0 saturated carbocycles. The molecular formula is C13H17F4NO2. The van der Waals surface area contributed by atoms with E-state index in [4.69, 9.17) is 4.74 Å². The van der Waals surface area contributed by atoms with Gasteiger partial charge in [-0.15, -0.1) is 0 Å². The molecule has 0 aliphatic heterocycles. The largest absolute Gasteiger partial charge is 0.490 e. The number of rotatable bonds is 8. The molecule has 1 N–H and O–H groups in total. The first-order chi connectivity index (χ1) is 9.42. The Bertz CT molecular complexity index is 410. The van der Waals surface area contributed by atoms with Gasteiger partial charge in [0.15, 0.2) is 11.6 Å². The average Bonchev–Trinajstić information content (AvgIpc) is 2.35. The quantitative estimate of drug-likeness (QED) is 0.591. The zero-order chi connectivity index (χ0) is 15.0. The van der Waals surface area contributed by atoms with Crippen molar-refractivity contribution in [1.82, 2.24) is 5.32 Å². The van der Waals surface area contributed by atoms with E-state index < -0.39 is 18.6 Å². The highest BCUT2D eigenvalue weighted by Gasteiger charge is 2.27. The van der Waals surface area contributed by atoms with E-state index in [1.807, 2.05) is 0 Å². The first kappa shape index (κ1) is 16.7. The maximum atomic E-state index is 13.6. The molecule has 3 nitrogen and oxygen atoms in total. The van der Waals surface area contributed by atoms with Crippen molar-refractivity contribution in [2.45, 2.75) is 19.1 Å². The summed E-state index contributed by atoms with van der Waals surface area (Å²) in [5, 5.41) is 2.89. The highest BCUT2D eigenvalue weighted by molar-refractivity contribution is 5.29. The van der Waals surface area contributed by atoms with Crippen LogP contribution in [0.3, 0.4) is 0 Å². The summed E-state index contributed by atoms with van der Waals surface area (Å²) >= 11 is 0. The zero-order valence-corrected chi connectivity index (χ0v) is 11.1. The van der Waals surface area contributed by atoms with Gasteiger partial charge in [-0.05, 0) is 24.7 Å².